The number of benzene rings is 1. The summed E-state index contributed by atoms with van der Waals surface area (Å²) in [7, 11) is 0. The number of rotatable bonds is 4. The SMILES string of the molecule is Cc1onc(-c2ccccc2Cl)c1C(=O)N1CC(CN2C(=O)COC2=O)C1. The summed E-state index contributed by atoms with van der Waals surface area (Å²) < 4.78 is 9.93. The zero-order valence-electron chi connectivity index (χ0n) is 14.5. The molecule has 27 heavy (non-hydrogen) atoms. The highest BCUT2D eigenvalue weighted by Crippen LogP contribution is 2.33. The number of aryl methyl sites for hydroxylation is 1. The van der Waals surface area contributed by atoms with E-state index in [1.54, 1.807) is 30.0 Å². The van der Waals surface area contributed by atoms with Gasteiger partial charge in [-0.25, -0.2) is 9.69 Å². The average molecular weight is 390 g/mol. The van der Waals surface area contributed by atoms with Crippen LogP contribution in [0.15, 0.2) is 28.8 Å². The summed E-state index contributed by atoms with van der Waals surface area (Å²) in [5, 5.41) is 4.49. The first-order valence-electron chi connectivity index (χ1n) is 8.43. The number of carbonyl (C=O) groups excluding carboxylic acids is 3. The lowest BCUT2D eigenvalue weighted by molar-refractivity contribution is -0.126. The Morgan fingerprint density at radius 3 is 2.70 bits per heavy atom. The van der Waals surface area contributed by atoms with Crippen LogP contribution in [0, 0.1) is 12.8 Å². The Kier molecular flexibility index (Phi) is 4.35. The standard InChI is InChI=1S/C18H16ClN3O5/c1-10-15(16(20-27-10)12-4-2-3-5-13(12)19)17(24)21-6-11(7-21)8-22-14(23)9-26-18(22)25/h2-5,11H,6-9H2,1H3. The molecule has 9 heteroatoms. The minimum atomic E-state index is -0.624. The van der Waals surface area contributed by atoms with Crippen LogP contribution in [0.2, 0.25) is 5.02 Å². The Bertz CT molecular complexity index is 919. The van der Waals surface area contributed by atoms with Gasteiger partial charge >= 0.3 is 6.09 Å². The first kappa shape index (κ1) is 17.5. The molecule has 0 N–H and O–H groups in total. The van der Waals surface area contributed by atoms with Crippen molar-refractivity contribution in [3.8, 4) is 11.3 Å². The van der Waals surface area contributed by atoms with E-state index in [4.69, 9.17) is 20.9 Å². The van der Waals surface area contributed by atoms with Crippen molar-refractivity contribution in [2.24, 2.45) is 5.92 Å². The number of imide groups is 1. The van der Waals surface area contributed by atoms with Gasteiger partial charge in [0.15, 0.2) is 6.61 Å². The van der Waals surface area contributed by atoms with Gasteiger partial charge in [-0.15, -0.1) is 0 Å². The third-order valence-corrected chi connectivity index (χ3v) is 5.06. The summed E-state index contributed by atoms with van der Waals surface area (Å²) in [6.45, 7) is 2.58. The Morgan fingerprint density at radius 1 is 1.30 bits per heavy atom. The maximum absolute atomic E-state index is 12.9. The quantitative estimate of drug-likeness (QED) is 0.796. The monoisotopic (exact) mass is 389 g/mol. The fourth-order valence-electron chi connectivity index (χ4n) is 3.29. The summed E-state index contributed by atoms with van der Waals surface area (Å²) in [4.78, 5) is 38.8. The number of hydrogen-bond acceptors (Lipinski definition) is 6. The van der Waals surface area contributed by atoms with Gasteiger partial charge in [-0.2, -0.15) is 0 Å². The zero-order chi connectivity index (χ0) is 19.1. The Morgan fingerprint density at radius 2 is 2.04 bits per heavy atom. The molecule has 1 aromatic carbocycles. The van der Waals surface area contributed by atoms with Crippen LogP contribution in [0.5, 0.6) is 0 Å². The lowest BCUT2D eigenvalue weighted by Crippen LogP contribution is -2.54. The third-order valence-electron chi connectivity index (χ3n) is 4.73. The van der Waals surface area contributed by atoms with Crippen LogP contribution < -0.4 is 0 Å². The van der Waals surface area contributed by atoms with E-state index in [9.17, 15) is 14.4 Å². The lowest BCUT2D eigenvalue weighted by atomic mass is 9.97. The molecule has 3 amide bonds. The smallest absolute Gasteiger partial charge is 0.417 e. The molecule has 4 rings (SSSR count). The van der Waals surface area contributed by atoms with E-state index in [-0.39, 0.29) is 30.9 Å². The fourth-order valence-corrected chi connectivity index (χ4v) is 3.51. The van der Waals surface area contributed by atoms with E-state index in [0.29, 0.717) is 40.7 Å². The lowest BCUT2D eigenvalue weighted by Gasteiger charge is -2.40. The molecule has 2 aliphatic heterocycles. The molecule has 1 aromatic heterocycles. The zero-order valence-corrected chi connectivity index (χ0v) is 15.2. The van der Waals surface area contributed by atoms with Gasteiger partial charge < -0.3 is 14.2 Å². The molecule has 0 atom stereocenters. The van der Waals surface area contributed by atoms with E-state index >= 15 is 0 Å². The van der Waals surface area contributed by atoms with Crippen LogP contribution in [-0.2, 0) is 9.53 Å². The Hall–Kier alpha value is -2.87. The minimum absolute atomic E-state index is 0.0208. The van der Waals surface area contributed by atoms with E-state index < -0.39 is 6.09 Å². The second-order valence-corrected chi connectivity index (χ2v) is 6.98. The molecule has 8 nitrogen and oxygen atoms in total. The molecule has 2 aliphatic rings. The van der Waals surface area contributed by atoms with Crippen molar-refractivity contribution in [2.75, 3.05) is 26.2 Å². The van der Waals surface area contributed by atoms with Crippen molar-refractivity contribution in [2.45, 2.75) is 6.92 Å². The van der Waals surface area contributed by atoms with E-state index in [2.05, 4.69) is 5.16 Å². The fraction of sp³-hybridized carbons (Fsp3) is 0.333. The van der Waals surface area contributed by atoms with Crippen LogP contribution in [0.4, 0.5) is 4.79 Å². The van der Waals surface area contributed by atoms with Gasteiger partial charge in [0.1, 0.15) is 17.0 Å². The van der Waals surface area contributed by atoms with Crippen LogP contribution >= 0.6 is 11.6 Å². The maximum Gasteiger partial charge on any atom is 0.417 e. The first-order chi connectivity index (χ1) is 13.0. The van der Waals surface area contributed by atoms with Crippen LogP contribution in [-0.4, -0.2) is 59.1 Å². The van der Waals surface area contributed by atoms with E-state index in [1.165, 1.54) is 0 Å². The van der Waals surface area contributed by atoms with Crippen LogP contribution in [0.3, 0.4) is 0 Å². The molecular weight excluding hydrogens is 374 g/mol. The van der Waals surface area contributed by atoms with Gasteiger partial charge in [0, 0.05) is 31.1 Å². The molecule has 2 aromatic rings. The van der Waals surface area contributed by atoms with Crippen molar-refractivity contribution in [3.05, 3.63) is 40.6 Å². The largest absolute Gasteiger partial charge is 0.439 e. The molecule has 140 valence electrons. The molecule has 0 unspecified atom stereocenters. The number of halogens is 1. The van der Waals surface area contributed by atoms with Gasteiger partial charge in [0.2, 0.25) is 0 Å². The van der Waals surface area contributed by atoms with Crippen molar-refractivity contribution in [3.63, 3.8) is 0 Å². The van der Waals surface area contributed by atoms with E-state index in [1.807, 2.05) is 6.07 Å². The van der Waals surface area contributed by atoms with E-state index in [0.717, 1.165) is 4.90 Å². The maximum atomic E-state index is 12.9. The van der Waals surface area contributed by atoms with Crippen LogP contribution in [0.25, 0.3) is 11.3 Å². The van der Waals surface area contributed by atoms with Crippen molar-refractivity contribution in [1.82, 2.24) is 15.0 Å². The highest BCUT2D eigenvalue weighted by Gasteiger charge is 2.39. The second-order valence-electron chi connectivity index (χ2n) is 6.58. The number of likely N-dealkylation sites (tertiary alicyclic amines) is 1. The molecular formula is C18H16ClN3O5. The summed E-state index contributed by atoms with van der Waals surface area (Å²) in [6, 6.07) is 7.11. The molecule has 0 radical (unpaired) electrons. The summed E-state index contributed by atoms with van der Waals surface area (Å²) in [6.07, 6.45) is -0.624. The molecule has 0 aliphatic carbocycles. The van der Waals surface area contributed by atoms with Crippen LogP contribution in [0.1, 0.15) is 16.1 Å². The van der Waals surface area contributed by atoms with Gasteiger partial charge in [0.25, 0.3) is 11.8 Å². The number of cyclic esters (lactones) is 1. The van der Waals surface area contributed by atoms with Crippen molar-refractivity contribution < 1.29 is 23.6 Å². The minimum Gasteiger partial charge on any atom is -0.439 e. The predicted molar refractivity (Wildman–Crippen MR) is 94.1 cm³/mol. The number of hydrogen-bond donors (Lipinski definition) is 0. The number of nitrogens with zero attached hydrogens (tertiary/aromatic N) is 3. The highest BCUT2D eigenvalue weighted by atomic mass is 35.5. The van der Waals surface area contributed by atoms with Gasteiger partial charge in [-0.3, -0.25) is 9.59 Å². The Labute approximate surface area is 159 Å². The number of amides is 3. The topological polar surface area (TPSA) is 93.0 Å². The summed E-state index contributed by atoms with van der Waals surface area (Å²) in [5.74, 6) is -0.125. The molecule has 0 bridgehead atoms. The third kappa shape index (κ3) is 3.06. The Balaban J connectivity index is 1.48. The molecule has 2 saturated heterocycles. The van der Waals surface area contributed by atoms with Gasteiger partial charge in [-0.1, -0.05) is 35.0 Å². The molecule has 3 heterocycles. The first-order valence-corrected chi connectivity index (χ1v) is 8.81. The number of ether oxygens (including phenoxy) is 1. The van der Waals surface area contributed by atoms with Gasteiger partial charge in [-0.05, 0) is 13.0 Å². The molecule has 2 fully saturated rings. The summed E-state index contributed by atoms with van der Waals surface area (Å²) >= 11 is 6.23. The van der Waals surface area contributed by atoms with Crippen molar-refractivity contribution in [1.29, 1.82) is 0 Å². The van der Waals surface area contributed by atoms with Crippen molar-refractivity contribution >= 4 is 29.5 Å². The molecule has 0 spiro atoms. The summed E-state index contributed by atoms with van der Waals surface area (Å²) in [5.41, 5.74) is 1.41. The van der Waals surface area contributed by atoms with Gasteiger partial charge in [0.05, 0.1) is 5.02 Å². The highest BCUT2D eigenvalue weighted by molar-refractivity contribution is 6.33. The average Bonchev–Trinajstić information content (AvgIpc) is 3.14. The number of carbonyl (C=O) groups is 3. The normalized spacial score (nSPS) is 17.3. The molecule has 0 saturated carbocycles. The second kappa shape index (κ2) is 6.70. The predicted octanol–water partition coefficient (Wildman–Crippen LogP) is 2.35. The number of aromatic nitrogens is 1.